The molecule has 0 saturated heterocycles. The van der Waals surface area contributed by atoms with Crippen LogP contribution in [0.2, 0.25) is 0 Å². The number of carbonyl (C=O) groups is 1. The Bertz CT molecular complexity index is 321. The van der Waals surface area contributed by atoms with E-state index in [1.807, 2.05) is 0 Å². The number of rotatable bonds is 8. The summed E-state index contributed by atoms with van der Waals surface area (Å²) in [5.41, 5.74) is 0. The summed E-state index contributed by atoms with van der Waals surface area (Å²) in [5, 5.41) is 0. The van der Waals surface area contributed by atoms with Gasteiger partial charge in [0.2, 0.25) is 5.76 Å². The molecule has 0 spiro atoms. The minimum Gasteiger partial charge on any atom is -0.486 e. The van der Waals surface area contributed by atoms with Gasteiger partial charge in [-0.05, 0) is 13.8 Å². The van der Waals surface area contributed by atoms with Crippen LogP contribution in [0.3, 0.4) is 0 Å². The first-order chi connectivity index (χ1) is 8.77. The molecule has 0 aromatic heterocycles. The lowest BCUT2D eigenvalue weighted by Crippen LogP contribution is -2.20. The van der Waals surface area contributed by atoms with E-state index in [1.165, 1.54) is 19.9 Å². The maximum Gasteiger partial charge on any atom is 0.449 e. The molecular formula is C12H17F3O4. The van der Waals surface area contributed by atoms with Crippen LogP contribution in [0, 0.1) is 0 Å². The molecule has 4 nitrogen and oxygen atoms in total. The second-order valence-electron chi connectivity index (χ2n) is 3.70. The van der Waals surface area contributed by atoms with E-state index in [2.05, 4.69) is 16.1 Å². The van der Waals surface area contributed by atoms with E-state index in [-0.39, 0.29) is 25.9 Å². The SMILES string of the molecule is C=CCOCCOC(=O)/C=C(\OC(C)C)C(F)(F)F. The van der Waals surface area contributed by atoms with Crippen LogP contribution in [0.1, 0.15) is 13.8 Å². The summed E-state index contributed by atoms with van der Waals surface area (Å²) in [6.07, 6.45) is -3.65. The molecule has 0 aliphatic heterocycles. The monoisotopic (exact) mass is 282 g/mol. The zero-order chi connectivity index (χ0) is 14.9. The van der Waals surface area contributed by atoms with Gasteiger partial charge in [0.15, 0.2) is 0 Å². The van der Waals surface area contributed by atoms with Crippen molar-refractivity contribution in [3.8, 4) is 0 Å². The second-order valence-corrected chi connectivity index (χ2v) is 3.70. The van der Waals surface area contributed by atoms with Crippen LogP contribution in [0.15, 0.2) is 24.5 Å². The fraction of sp³-hybridized carbons (Fsp3) is 0.583. The highest BCUT2D eigenvalue weighted by Crippen LogP contribution is 2.27. The first kappa shape index (κ1) is 17.5. The highest BCUT2D eigenvalue weighted by molar-refractivity contribution is 5.82. The predicted octanol–water partition coefficient (Wildman–Crippen LogP) is 2.60. The Morgan fingerprint density at radius 3 is 2.42 bits per heavy atom. The van der Waals surface area contributed by atoms with Gasteiger partial charge in [0.25, 0.3) is 0 Å². The molecule has 0 bridgehead atoms. The Balaban J connectivity index is 4.33. The van der Waals surface area contributed by atoms with Crippen molar-refractivity contribution < 1.29 is 32.2 Å². The van der Waals surface area contributed by atoms with Crippen molar-refractivity contribution in [1.29, 1.82) is 0 Å². The standard InChI is InChI=1S/C12H17F3O4/c1-4-5-17-6-7-18-11(16)8-10(12(13,14)15)19-9(2)3/h4,8-9H,1,5-7H2,2-3H3/b10-8-. The molecule has 0 aliphatic carbocycles. The van der Waals surface area contributed by atoms with Gasteiger partial charge in [-0.25, -0.2) is 4.79 Å². The van der Waals surface area contributed by atoms with Crippen molar-refractivity contribution in [2.24, 2.45) is 0 Å². The van der Waals surface area contributed by atoms with Crippen LogP contribution in [0.4, 0.5) is 13.2 Å². The van der Waals surface area contributed by atoms with Crippen LogP contribution in [0.25, 0.3) is 0 Å². The molecule has 0 saturated carbocycles. The molecule has 0 aromatic carbocycles. The Morgan fingerprint density at radius 1 is 1.32 bits per heavy atom. The number of allylic oxidation sites excluding steroid dienone is 1. The van der Waals surface area contributed by atoms with Crippen LogP contribution < -0.4 is 0 Å². The van der Waals surface area contributed by atoms with Crippen LogP contribution >= 0.6 is 0 Å². The molecule has 7 heteroatoms. The average Bonchev–Trinajstić information content (AvgIpc) is 2.26. The van der Waals surface area contributed by atoms with Crippen LogP contribution in [-0.4, -0.2) is 38.1 Å². The Morgan fingerprint density at radius 2 is 1.95 bits per heavy atom. The largest absolute Gasteiger partial charge is 0.486 e. The lowest BCUT2D eigenvalue weighted by atomic mass is 10.4. The fourth-order valence-corrected chi connectivity index (χ4v) is 0.953. The number of esters is 1. The first-order valence-corrected chi connectivity index (χ1v) is 5.58. The molecule has 0 unspecified atom stereocenters. The fourth-order valence-electron chi connectivity index (χ4n) is 0.953. The molecule has 19 heavy (non-hydrogen) atoms. The molecule has 0 aliphatic rings. The molecule has 0 amide bonds. The van der Waals surface area contributed by atoms with Crippen molar-refractivity contribution >= 4 is 5.97 Å². The van der Waals surface area contributed by atoms with E-state index in [9.17, 15) is 18.0 Å². The van der Waals surface area contributed by atoms with E-state index in [1.54, 1.807) is 0 Å². The molecule has 0 atom stereocenters. The number of hydrogen-bond acceptors (Lipinski definition) is 4. The highest BCUT2D eigenvalue weighted by atomic mass is 19.4. The zero-order valence-corrected chi connectivity index (χ0v) is 10.8. The first-order valence-electron chi connectivity index (χ1n) is 5.58. The summed E-state index contributed by atoms with van der Waals surface area (Å²) in [6, 6.07) is 0. The molecule has 0 N–H and O–H groups in total. The maximum atomic E-state index is 12.5. The van der Waals surface area contributed by atoms with Gasteiger partial charge in [0.05, 0.1) is 25.4 Å². The van der Waals surface area contributed by atoms with Crippen molar-refractivity contribution in [3.63, 3.8) is 0 Å². The van der Waals surface area contributed by atoms with Crippen molar-refractivity contribution in [2.75, 3.05) is 19.8 Å². The smallest absolute Gasteiger partial charge is 0.449 e. The van der Waals surface area contributed by atoms with E-state index >= 15 is 0 Å². The van der Waals surface area contributed by atoms with Gasteiger partial charge in [-0.15, -0.1) is 6.58 Å². The van der Waals surface area contributed by atoms with Crippen LogP contribution in [0.5, 0.6) is 0 Å². The quantitative estimate of drug-likeness (QED) is 0.226. The number of ether oxygens (including phenoxy) is 3. The Kier molecular flexibility index (Phi) is 7.90. The van der Waals surface area contributed by atoms with E-state index < -0.39 is 24.0 Å². The van der Waals surface area contributed by atoms with Gasteiger partial charge < -0.3 is 14.2 Å². The third-order valence-corrected chi connectivity index (χ3v) is 1.60. The molecule has 0 aromatic rings. The lowest BCUT2D eigenvalue weighted by molar-refractivity contribution is -0.147. The number of hydrogen-bond donors (Lipinski definition) is 0. The van der Waals surface area contributed by atoms with Crippen molar-refractivity contribution in [2.45, 2.75) is 26.1 Å². The normalized spacial score (nSPS) is 12.4. The van der Waals surface area contributed by atoms with Crippen molar-refractivity contribution in [1.82, 2.24) is 0 Å². The van der Waals surface area contributed by atoms with Gasteiger partial charge in [-0.1, -0.05) is 6.08 Å². The second kappa shape index (κ2) is 8.58. The topological polar surface area (TPSA) is 44.8 Å². The molecule has 0 fully saturated rings. The summed E-state index contributed by atoms with van der Waals surface area (Å²) in [6.45, 7) is 6.47. The molecular weight excluding hydrogens is 265 g/mol. The van der Waals surface area contributed by atoms with Gasteiger partial charge in [0.1, 0.15) is 6.61 Å². The van der Waals surface area contributed by atoms with Gasteiger partial charge in [-0.2, -0.15) is 13.2 Å². The van der Waals surface area contributed by atoms with E-state index in [4.69, 9.17) is 4.74 Å². The third kappa shape index (κ3) is 9.12. The molecule has 0 radical (unpaired) electrons. The molecule has 110 valence electrons. The zero-order valence-electron chi connectivity index (χ0n) is 10.8. The Labute approximate surface area is 109 Å². The van der Waals surface area contributed by atoms with E-state index in [0.29, 0.717) is 0 Å². The summed E-state index contributed by atoms with van der Waals surface area (Å²) in [5.74, 6) is -2.50. The molecule has 0 heterocycles. The number of halogens is 3. The van der Waals surface area contributed by atoms with Crippen LogP contribution in [-0.2, 0) is 19.0 Å². The third-order valence-electron chi connectivity index (χ3n) is 1.60. The number of alkyl halides is 3. The average molecular weight is 282 g/mol. The highest BCUT2D eigenvalue weighted by Gasteiger charge is 2.37. The summed E-state index contributed by atoms with van der Waals surface area (Å²) in [4.78, 5) is 11.2. The van der Waals surface area contributed by atoms with E-state index in [0.717, 1.165) is 0 Å². The molecule has 0 rings (SSSR count). The van der Waals surface area contributed by atoms with Gasteiger partial charge in [0, 0.05) is 0 Å². The summed E-state index contributed by atoms with van der Waals surface area (Å²) < 4.78 is 51.4. The lowest BCUT2D eigenvalue weighted by Gasteiger charge is -2.15. The number of carbonyl (C=O) groups excluding carboxylic acids is 1. The predicted molar refractivity (Wildman–Crippen MR) is 62.3 cm³/mol. The van der Waals surface area contributed by atoms with Crippen molar-refractivity contribution in [3.05, 3.63) is 24.5 Å². The summed E-state index contributed by atoms with van der Waals surface area (Å²) >= 11 is 0. The minimum absolute atomic E-state index is 0.0813. The van der Waals surface area contributed by atoms with Gasteiger partial charge in [-0.3, -0.25) is 0 Å². The minimum atomic E-state index is -4.73. The Hall–Kier alpha value is -1.50. The maximum absolute atomic E-state index is 12.5. The summed E-state index contributed by atoms with van der Waals surface area (Å²) in [7, 11) is 0. The van der Waals surface area contributed by atoms with Gasteiger partial charge >= 0.3 is 12.1 Å².